The lowest BCUT2D eigenvalue weighted by Crippen LogP contribution is -1.73. The van der Waals surface area contributed by atoms with Crippen LogP contribution in [0.3, 0.4) is 0 Å². The van der Waals surface area contributed by atoms with E-state index in [1.165, 1.54) is 31.0 Å². The number of hydrogen-bond donors (Lipinski definition) is 0. The van der Waals surface area contributed by atoms with E-state index in [4.69, 9.17) is 0 Å². The van der Waals surface area contributed by atoms with Crippen molar-refractivity contribution in [1.82, 2.24) is 0 Å². The van der Waals surface area contributed by atoms with Crippen molar-refractivity contribution in [1.29, 1.82) is 0 Å². The fraction of sp³-hybridized carbons (Fsp3) is 0.500. The van der Waals surface area contributed by atoms with Gasteiger partial charge in [-0.3, -0.25) is 0 Å². The molecule has 0 N–H and O–H groups in total. The van der Waals surface area contributed by atoms with Crippen LogP contribution in [0.25, 0.3) is 0 Å². The van der Waals surface area contributed by atoms with Gasteiger partial charge in [0.2, 0.25) is 0 Å². The molecule has 1 aromatic rings. The van der Waals surface area contributed by atoms with Gasteiger partial charge in [0.15, 0.2) is 0 Å². The van der Waals surface area contributed by atoms with Crippen LogP contribution in [-0.2, 0) is 0 Å². The van der Waals surface area contributed by atoms with Gasteiger partial charge in [0, 0.05) is 5.33 Å². The van der Waals surface area contributed by atoms with Crippen molar-refractivity contribution in [2.75, 3.05) is 5.33 Å². The van der Waals surface area contributed by atoms with Gasteiger partial charge < -0.3 is 0 Å². The molecule has 0 atom stereocenters. The molecule has 0 aliphatic carbocycles. The summed E-state index contributed by atoms with van der Waals surface area (Å²) in [5, 5.41) is 1.17. The molecular weight excluding hydrogens is 224 g/mol. The molecule has 0 aliphatic rings. The van der Waals surface area contributed by atoms with Gasteiger partial charge in [-0.25, -0.2) is 0 Å². The molecule has 0 saturated carbocycles. The number of unbranched alkanes of at least 4 members (excludes halogenated alkanes) is 3. The largest absolute Gasteiger partial charge is 0.0928 e. The van der Waals surface area contributed by atoms with Crippen molar-refractivity contribution in [2.24, 2.45) is 0 Å². The topological polar surface area (TPSA) is 0 Å². The fourth-order valence-corrected chi connectivity index (χ4v) is 1.30. The minimum Gasteiger partial charge on any atom is -0.0928 e. The maximum atomic E-state index is 3.38. The number of benzene rings is 1. The van der Waals surface area contributed by atoms with E-state index in [0.29, 0.717) is 0 Å². The first-order valence-corrected chi connectivity index (χ1v) is 6.10. The summed E-state index contributed by atoms with van der Waals surface area (Å²) in [5.41, 5.74) is 0. The van der Waals surface area contributed by atoms with Crippen LogP contribution in [0.1, 0.15) is 32.6 Å². The first kappa shape index (κ1) is 12.7. The molecule has 1 rings (SSSR count). The average molecular weight is 243 g/mol. The third kappa shape index (κ3) is 11.7. The number of rotatable bonds is 4. The minimum atomic E-state index is 1.17. The Morgan fingerprint density at radius 1 is 0.769 bits per heavy atom. The van der Waals surface area contributed by atoms with E-state index < -0.39 is 0 Å². The Hall–Kier alpha value is -0.300. The molecule has 1 aromatic carbocycles. The highest BCUT2D eigenvalue weighted by Crippen LogP contribution is 1.99. The monoisotopic (exact) mass is 242 g/mol. The van der Waals surface area contributed by atoms with Gasteiger partial charge in [-0.2, -0.15) is 0 Å². The Kier molecular flexibility index (Phi) is 11.4. The third-order valence-corrected chi connectivity index (χ3v) is 2.21. The first-order valence-electron chi connectivity index (χ1n) is 4.97. The minimum absolute atomic E-state index is 1.17. The van der Waals surface area contributed by atoms with E-state index in [9.17, 15) is 0 Å². The summed E-state index contributed by atoms with van der Waals surface area (Å²) in [6.07, 6.45) is 5.47. The standard InChI is InChI=1S/C6H13Br.C6H6/c1-2-3-4-5-6-7;1-2-4-6-5-3-1/h2-6H2,1H3;1-6H. The molecule has 13 heavy (non-hydrogen) atoms. The fourth-order valence-electron chi connectivity index (χ4n) is 0.906. The SMILES string of the molecule is CCCCCCBr.c1ccccc1. The van der Waals surface area contributed by atoms with E-state index in [2.05, 4.69) is 22.9 Å². The summed E-state index contributed by atoms with van der Waals surface area (Å²) in [6, 6.07) is 12.0. The van der Waals surface area contributed by atoms with Crippen molar-refractivity contribution < 1.29 is 0 Å². The normalized spacial score (nSPS) is 8.77. The van der Waals surface area contributed by atoms with E-state index in [1.54, 1.807) is 0 Å². The number of halogens is 1. The van der Waals surface area contributed by atoms with Crippen molar-refractivity contribution in [2.45, 2.75) is 32.6 Å². The van der Waals surface area contributed by atoms with Crippen molar-refractivity contribution in [3.63, 3.8) is 0 Å². The Morgan fingerprint density at radius 2 is 1.23 bits per heavy atom. The quantitative estimate of drug-likeness (QED) is 0.533. The summed E-state index contributed by atoms with van der Waals surface area (Å²) >= 11 is 3.38. The lowest BCUT2D eigenvalue weighted by molar-refractivity contribution is 0.708. The van der Waals surface area contributed by atoms with Crippen LogP contribution >= 0.6 is 15.9 Å². The number of hydrogen-bond acceptors (Lipinski definition) is 0. The summed E-state index contributed by atoms with van der Waals surface area (Å²) in [6.45, 7) is 2.23. The molecule has 0 aliphatic heterocycles. The van der Waals surface area contributed by atoms with Crippen LogP contribution in [0.4, 0.5) is 0 Å². The second-order valence-corrected chi connectivity index (χ2v) is 3.70. The predicted molar refractivity (Wildman–Crippen MR) is 64.4 cm³/mol. The Morgan fingerprint density at radius 3 is 1.54 bits per heavy atom. The molecule has 0 heterocycles. The van der Waals surface area contributed by atoms with Gasteiger partial charge in [-0.05, 0) is 6.42 Å². The zero-order chi connectivity index (χ0) is 9.78. The van der Waals surface area contributed by atoms with Gasteiger partial charge >= 0.3 is 0 Å². The van der Waals surface area contributed by atoms with E-state index >= 15 is 0 Å². The third-order valence-electron chi connectivity index (χ3n) is 1.65. The van der Waals surface area contributed by atoms with Crippen molar-refractivity contribution >= 4 is 15.9 Å². The van der Waals surface area contributed by atoms with Gasteiger partial charge in [-0.1, -0.05) is 78.5 Å². The first-order chi connectivity index (χ1) is 6.41. The second kappa shape index (κ2) is 11.7. The highest BCUT2D eigenvalue weighted by Gasteiger charge is 1.81. The van der Waals surface area contributed by atoms with Gasteiger partial charge in [-0.15, -0.1) is 0 Å². The molecule has 0 spiro atoms. The lowest BCUT2D eigenvalue weighted by Gasteiger charge is -1.89. The van der Waals surface area contributed by atoms with E-state index in [-0.39, 0.29) is 0 Å². The molecule has 0 fully saturated rings. The molecule has 0 bridgehead atoms. The highest BCUT2D eigenvalue weighted by molar-refractivity contribution is 9.09. The maximum Gasteiger partial charge on any atom is 0.00313 e. The molecule has 0 nitrogen and oxygen atoms in total. The summed E-state index contributed by atoms with van der Waals surface area (Å²) in [5.74, 6) is 0. The van der Waals surface area contributed by atoms with Gasteiger partial charge in [0.05, 0.1) is 0 Å². The highest BCUT2D eigenvalue weighted by atomic mass is 79.9. The summed E-state index contributed by atoms with van der Waals surface area (Å²) in [7, 11) is 0. The zero-order valence-corrected chi connectivity index (χ0v) is 9.96. The van der Waals surface area contributed by atoms with Crippen molar-refractivity contribution in [3.8, 4) is 0 Å². The van der Waals surface area contributed by atoms with Crippen molar-refractivity contribution in [3.05, 3.63) is 36.4 Å². The molecule has 0 radical (unpaired) electrons. The predicted octanol–water partition coefficient (Wildman–Crippen LogP) is 4.65. The smallest absolute Gasteiger partial charge is 0.00313 e. The van der Waals surface area contributed by atoms with Crippen LogP contribution in [0.15, 0.2) is 36.4 Å². The Balaban J connectivity index is 0.000000223. The molecule has 0 saturated heterocycles. The van der Waals surface area contributed by atoms with Crippen LogP contribution in [0, 0.1) is 0 Å². The number of alkyl halides is 1. The van der Waals surface area contributed by atoms with Crippen LogP contribution < -0.4 is 0 Å². The van der Waals surface area contributed by atoms with Crippen LogP contribution in [0.2, 0.25) is 0 Å². The Labute approximate surface area is 90.5 Å². The molecular formula is C12H19Br. The Bertz CT molecular complexity index is 129. The summed E-state index contributed by atoms with van der Waals surface area (Å²) < 4.78 is 0. The summed E-state index contributed by atoms with van der Waals surface area (Å²) in [4.78, 5) is 0. The molecule has 0 aromatic heterocycles. The van der Waals surface area contributed by atoms with Crippen LogP contribution in [-0.4, -0.2) is 5.33 Å². The average Bonchev–Trinajstić information content (AvgIpc) is 2.22. The zero-order valence-electron chi connectivity index (χ0n) is 8.38. The van der Waals surface area contributed by atoms with E-state index in [0.717, 1.165) is 0 Å². The molecule has 74 valence electrons. The van der Waals surface area contributed by atoms with Crippen LogP contribution in [0.5, 0.6) is 0 Å². The molecule has 1 heteroatoms. The maximum absolute atomic E-state index is 3.38. The second-order valence-electron chi connectivity index (χ2n) is 2.90. The molecule has 0 amide bonds. The van der Waals surface area contributed by atoms with E-state index in [1.807, 2.05) is 36.4 Å². The van der Waals surface area contributed by atoms with Gasteiger partial charge in [0.25, 0.3) is 0 Å². The lowest BCUT2D eigenvalue weighted by atomic mass is 10.2. The van der Waals surface area contributed by atoms with Gasteiger partial charge in [0.1, 0.15) is 0 Å². The molecule has 0 unspecified atom stereocenters.